The first-order valence-electron chi connectivity index (χ1n) is 7.70. The predicted molar refractivity (Wildman–Crippen MR) is 88.9 cm³/mol. The third-order valence-electron chi connectivity index (χ3n) is 4.64. The molecule has 0 spiro atoms. The molecular formula is C15H26N2O5Si. The molecular weight excluding hydrogens is 316 g/mol. The highest BCUT2D eigenvalue weighted by Crippen LogP contribution is 2.37. The minimum atomic E-state index is -1.89. The van der Waals surface area contributed by atoms with E-state index in [4.69, 9.17) is 13.9 Å². The molecule has 1 saturated heterocycles. The lowest BCUT2D eigenvalue weighted by Crippen LogP contribution is -2.45. The van der Waals surface area contributed by atoms with Gasteiger partial charge in [0, 0.05) is 12.3 Å². The molecule has 1 aromatic rings. The fourth-order valence-electron chi connectivity index (χ4n) is 2.09. The zero-order chi connectivity index (χ0) is 17.5. The van der Waals surface area contributed by atoms with Gasteiger partial charge in [-0.2, -0.15) is 0 Å². The van der Waals surface area contributed by atoms with E-state index in [1.807, 2.05) is 0 Å². The third-order valence-corrected chi connectivity index (χ3v) is 9.14. The molecule has 2 rings (SSSR count). The highest BCUT2D eigenvalue weighted by Gasteiger charge is 2.42. The Bertz CT molecular complexity index is 675. The van der Waals surface area contributed by atoms with Gasteiger partial charge in [-0.15, -0.1) is 0 Å². The Hall–Kier alpha value is -1.22. The second-order valence-corrected chi connectivity index (χ2v) is 12.4. The molecule has 8 heteroatoms. The standard InChI is InChI=1S/C15H26N2O5Si/c1-14(2,3)23(5,6)21-9-12-20-10-15(4,22-12)17-8-7-11(18)16-13(17)19/h7-8,12H,9-10H2,1-6H3,(H,16,18,19)/t12-,15+/m0/s1. The van der Waals surface area contributed by atoms with Crippen LogP contribution in [0.5, 0.6) is 0 Å². The Kier molecular flexibility index (Phi) is 4.73. The molecule has 1 aliphatic heterocycles. The average Bonchev–Trinajstić information content (AvgIpc) is 2.78. The van der Waals surface area contributed by atoms with Crippen LogP contribution in [-0.2, 0) is 19.6 Å². The summed E-state index contributed by atoms with van der Waals surface area (Å²) in [5.74, 6) is 0. The molecule has 1 fully saturated rings. The van der Waals surface area contributed by atoms with Crippen molar-refractivity contribution in [2.24, 2.45) is 0 Å². The molecule has 2 atom stereocenters. The van der Waals surface area contributed by atoms with Crippen molar-refractivity contribution >= 4 is 8.32 Å². The Morgan fingerprint density at radius 3 is 2.65 bits per heavy atom. The molecule has 1 N–H and O–H groups in total. The summed E-state index contributed by atoms with van der Waals surface area (Å²) in [6.07, 6.45) is 0.884. The Morgan fingerprint density at radius 1 is 1.43 bits per heavy atom. The van der Waals surface area contributed by atoms with Gasteiger partial charge >= 0.3 is 5.69 Å². The quantitative estimate of drug-likeness (QED) is 0.841. The van der Waals surface area contributed by atoms with E-state index in [9.17, 15) is 9.59 Å². The van der Waals surface area contributed by atoms with E-state index >= 15 is 0 Å². The molecule has 23 heavy (non-hydrogen) atoms. The van der Waals surface area contributed by atoms with Crippen LogP contribution in [0.4, 0.5) is 0 Å². The number of hydrogen-bond donors (Lipinski definition) is 1. The number of aromatic nitrogens is 2. The van der Waals surface area contributed by atoms with Crippen LogP contribution in [0, 0.1) is 0 Å². The summed E-state index contributed by atoms with van der Waals surface area (Å²) < 4.78 is 19.0. The van der Waals surface area contributed by atoms with Crippen molar-refractivity contribution < 1.29 is 13.9 Å². The van der Waals surface area contributed by atoms with Crippen molar-refractivity contribution in [3.63, 3.8) is 0 Å². The van der Waals surface area contributed by atoms with Crippen LogP contribution in [0.25, 0.3) is 0 Å². The minimum absolute atomic E-state index is 0.102. The van der Waals surface area contributed by atoms with Gasteiger partial charge in [-0.05, 0) is 25.1 Å². The van der Waals surface area contributed by atoms with Crippen LogP contribution >= 0.6 is 0 Å². The molecule has 2 heterocycles. The second kappa shape index (κ2) is 6.01. The maximum absolute atomic E-state index is 11.9. The summed E-state index contributed by atoms with van der Waals surface area (Å²) in [5, 5.41) is 0.102. The summed E-state index contributed by atoms with van der Waals surface area (Å²) >= 11 is 0. The summed E-state index contributed by atoms with van der Waals surface area (Å²) in [6, 6.07) is 1.29. The van der Waals surface area contributed by atoms with Gasteiger partial charge in [0.1, 0.15) is 0 Å². The Labute approximate surface area is 136 Å². The topological polar surface area (TPSA) is 82.5 Å². The molecule has 0 unspecified atom stereocenters. The number of hydrogen-bond acceptors (Lipinski definition) is 5. The van der Waals surface area contributed by atoms with Crippen LogP contribution in [0.2, 0.25) is 18.1 Å². The summed E-state index contributed by atoms with van der Waals surface area (Å²) in [4.78, 5) is 25.3. The predicted octanol–water partition coefficient (Wildman–Crippen LogP) is 1.60. The van der Waals surface area contributed by atoms with Gasteiger partial charge in [0.05, 0.1) is 13.2 Å². The normalized spacial score (nSPS) is 25.7. The molecule has 7 nitrogen and oxygen atoms in total. The monoisotopic (exact) mass is 342 g/mol. The van der Waals surface area contributed by atoms with Crippen molar-refractivity contribution in [3.8, 4) is 0 Å². The van der Waals surface area contributed by atoms with Crippen LogP contribution in [0.15, 0.2) is 21.9 Å². The first-order valence-corrected chi connectivity index (χ1v) is 10.6. The van der Waals surface area contributed by atoms with E-state index in [1.54, 1.807) is 6.92 Å². The fourth-order valence-corrected chi connectivity index (χ4v) is 3.08. The van der Waals surface area contributed by atoms with Crippen molar-refractivity contribution in [3.05, 3.63) is 33.1 Å². The Balaban J connectivity index is 2.06. The van der Waals surface area contributed by atoms with E-state index in [-0.39, 0.29) is 11.6 Å². The first kappa shape index (κ1) is 18.1. The molecule has 0 saturated carbocycles. The van der Waals surface area contributed by atoms with E-state index in [2.05, 4.69) is 38.8 Å². The van der Waals surface area contributed by atoms with Crippen LogP contribution in [-0.4, -0.2) is 37.4 Å². The van der Waals surface area contributed by atoms with Crippen LogP contribution < -0.4 is 11.2 Å². The highest BCUT2D eigenvalue weighted by molar-refractivity contribution is 6.74. The number of aromatic amines is 1. The van der Waals surface area contributed by atoms with Crippen molar-refractivity contribution in [2.45, 2.75) is 57.8 Å². The number of H-pyrrole nitrogens is 1. The van der Waals surface area contributed by atoms with Gasteiger partial charge in [-0.25, -0.2) is 4.79 Å². The third kappa shape index (κ3) is 3.82. The van der Waals surface area contributed by atoms with Crippen LogP contribution in [0.1, 0.15) is 27.7 Å². The zero-order valence-corrected chi connectivity index (χ0v) is 15.6. The molecule has 0 amide bonds. The lowest BCUT2D eigenvalue weighted by atomic mass is 10.2. The lowest BCUT2D eigenvalue weighted by molar-refractivity contribution is -0.131. The number of rotatable bonds is 4. The van der Waals surface area contributed by atoms with Gasteiger partial charge < -0.3 is 13.9 Å². The SMILES string of the molecule is CC(C)(C)[Si](C)(C)OC[C@H]1OC[C@](C)(n2ccc(=O)[nH]c2=O)O1. The van der Waals surface area contributed by atoms with E-state index in [0.717, 1.165) is 0 Å². The highest BCUT2D eigenvalue weighted by atomic mass is 28.4. The molecule has 0 aliphatic carbocycles. The van der Waals surface area contributed by atoms with Crippen molar-refractivity contribution in [1.29, 1.82) is 0 Å². The molecule has 1 aromatic heterocycles. The summed E-state index contributed by atoms with van der Waals surface area (Å²) in [5.41, 5.74) is -1.91. The lowest BCUT2D eigenvalue weighted by Gasteiger charge is -2.36. The van der Waals surface area contributed by atoms with E-state index in [0.29, 0.717) is 6.61 Å². The number of nitrogens with zero attached hydrogens (tertiary/aromatic N) is 1. The van der Waals surface area contributed by atoms with Gasteiger partial charge in [-0.3, -0.25) is 14.3 Å². The second-order valence-electron chi connectivity index (χ2n) is 7.58. The first-order chi connectivity index (χ1) is 10.4. The minimum Gasteiger partial charge on any atom is -0.412 e. The number of nitrogens with one attached hydrogen (secondary N) is 1. The van der Waals surface area contributed by atoms with Gasteiger partial charge in [-0.1, -0.05) is 20.8 Å². The maximum atomic E-state index is 11.9. The van der Waals surface area contributed by atoms with Gasteiger partial charge in [0.25, 0.3) is 5.56 Å². The molecule has 0 bridgehead atoms. The number of ether oxygens (including phenoxy) is 2. The fraction of sp³-hybridized carbons (Fsp3) is 0.733. The Morgan fingerprint density at radius 2 is 2.09 bits per heavy atom. The molecule has 1 aliphatic rings. The van der Waals surface area contributed by atoms with Gasteiger partial charge in [0.2, 0.25) is 0 Å². The zero-order valence-electron chi connectivity index (χ0n) is 14.6. The van der Waals surface area contributed by atoms with Gasteiger partial charge in [0.15, 0.2) is 20.3 Å². The van der Waals surface area contributed by atoms with E-state index < -0.39 is 31.6 Å². The summed E-state index contributed by atoms with van der Waals surface area (Å²) in [6.45, 7) is 13.1. The maximum Gasteiger partial charge on any atom is 0.330 e. The van der Waals surface area contributed by atoms with Crippen molar-refractivity contribution in [2.75, 3.05) is 13.2 Å². The average molecular weight is 342 g/mol. The van der Waals surface area contributed by atoms with Crippen LogP contribution in [0.3, 0.4) is 0 Å². The molecule has 0 aromatic carbocycles. The molecule has 0 radical (unpaired) electrons. The van der Waals surface area contributed by atoms with Crippen molar-refractivity contribution in [1.82, 2.24) is 9.55 Å². The van der Waals surface area contributed by atoms with E-state index in [1.165, 1.54) is 16.8 Å². The smallest absolute Gasteiger partial charge is 0.330 e. The largest absolute Gasteiger partial charge is 0.412 e. The summed E-state index contributed by atoms with van der Waals surface area (Å²) in [7, 11) is -1.89. The molecule has 130 valence electrons.